The van der Waals surface area contributed by atoms with Crippen molar-refractivity contribution in [1.29, 1.82) is 0 Å². The zero-order valence-electron chi connectivity index (χ0n) is 22.2. The Hall–Kier alpha value is -2.77. The van der Waals surface area contributed by atoms with Crippen LogP contribution in [0, 0.1) is 0 Å². The minimum absolute atomic E-state index is 0.0590. The number of benzene rings is 1. The second-order valence-corrected chi connectivity index (χ2v) is 14.2. The fourth-order valence-electron chi connectivity index (χ4n) is 5.07. The maximum Gasteiger partial charge on any atom is 0.254 e. The van der Waals surface area contributed by atoms with Crippen LogP contribution in [-0.2, 0) is 29.0 Å². The number of hydrogen-bond donors (Lipinski definition) is 1. The molecule has 2 saturated heterocycles. The number of thiophene rings is 2. The minimum Gasteiger partial charge on any atom is -0.497 e. The third-order valence-electron chi connectivity index (χ3n) is 7.38. The van der Waals surface area contributed by atoms with Crippen molar-refractivity contribution in [2.24, 2.45) is 0 Å². The number of amides is 2. The van der Waals surface area contributed by atoms with Crippen molar-refractivity contribution in [3.63, 3.8) is 0 Å². The molecule has 1 aromatic carbocycles. The van der Waals surface area contributed by atoms with Crippen molar-refractivity contribution in [3.8, 4) is 16.2 Å². The summed E-state index contributed by atoms with van der Waals surface area (Å²) in [4.78, 5) is 34.9. The third kappa shape index (κ3) is 6.10. The number of nitrogens with one attached hydrogen (secondary N) is 1. The second kappa shape index (κ2) is 12.4. The maximum atomic E-state index is 14.1. The van der Waals surface area contributed by atoms with E-state index in [1.54, 1.807) is 29.5 Å². The number of sulfone groups is 1. The van der Waals surface area contributed by atoms with E-state index < -0.39 is 26.8 Å². The van der Waals surface area contributed by atoms with Crippen molar-refractivity contribution in [2.75, 3.05) is 32.6 Å². The first-order valence-corrected chi connectivity index (χ1v) is 16.6. The molecule has 0 spiro atoms. The van der Waals surface area contributed by atoms with Crippen LogP contribution in [0.1, 0.15) is 47.3 Å². The van der Waals surface area contributed by atoms with E-state index in [1.165, 1.54) is 22.7 Å². The molecule has 0 bridgehead atoms. The van der Waals surface area contributed by atoms with E-state index in [0.717, 1.165) is 29.0 Å². The molecule has 9 nitrogen and oxygen atoms in total. The molecule has 2 aliphatic rings. The summed E-state index contributed by atoms with van der Waals surface area (Å²) >= 11 is 2.76. The van der Waals surface area contributed by atoms with Gasteiger partial charge in [0.2, 0.25) is 5.91 Å². The lowest BCUT2D eigenvalue weighted by Gasteiger charge is -2.31. The van der Waals surface area contributed by atoms with Gasteiger partial charge in [-0.15, -0.1) is 11.3 Å². The summed E-state index contributed by atoms with van der Waals surface area (Å²) in [6, 6.07) is 12.9. The summed E-state index contributed by atoms with van der Waals surface area (Å²) in [6.07, 6.45) is 1.72. The molecule has 214 valence electrons. The smallest absolute Gasteiger partial charge is 0.254 e. The van der Waals surface area contributed by atoms with Gasteiger partial charge in [0.25, 0.3) is 5.91 Å². The molecule has 1 N–H and O–H groups in total. The number of carbonyl (C=O) groups is 2. The zero-order valence-corrected chi connectivity index (χ0v) is 24.6. The van der Waals surface area contributed by atoms with Gasteiger partial charge in [-0.3, -0.25) is 9.59 Å². The molecule has 0 radical (unpaired) electrons. The Morgan fingerprint density at radius 3 is 2.65 bits per heavy atom. The maximum absolute atomic E-state index is 14.1. The first kappa shape index (κ1) is 28.7. The lowest BCUT2D eigenvalue weighted by atomic mass is 9.97. The van der Waals surface area contributed by atoms with Gasteiger partial charge in [0, 0.05) is 41.3 Å². The highest BCUT2D eigenvalue weighted by molar-refractivity contribution is 7.92. The van der Waals surface area contributed by atoms with Crippen molar-refractivity contribution in [2.45, 2.75) is 43.1 Å². The van der Waals surface area contributed by atoms with Crippen LogP contribution in [0.2, 0.25) is 0 Å². The summed E-state index contributed by atoms with van der Waals surface area (Å²) in [6.45, 7) is 0.809. The molecule has 2 atom stereocenters. The van der Waals surface area contributed by atoms with Gasteiger partial charge in [-0.05, 0) is 72.7 Å². The predicted octanol–water partition coefficient (Wildman–Crippen LogP) is 4.61. The van der Waals surface area contributed by atoms with Crippen molar-refractivity contribution >= 4 is 44.3 Å². The summed E-state index contributed by atoms with van der Waals surface area (Å²) in [7, 11) is -2.28. The van der Waals surface area contributed by atoms with E-state index in [2.05, 4.69) is 5.48 Å². The van der Waals surface area contributed by atoms with Gasteiger partial charge in [0.05, 0.1) is 24.8 Å². The van der Waals surface area contributed by atoms with Crippen LogP contribution in [-0.4, -0.2) is 64.0 Å². The molecule has 3 aromatic rings. The van der Waals surface area contributed by atoms with Crippen LogP contribution >= 0.6 is 22.7 Å². The molecule has 0 saturated carbocycles. The van der Waals surface area contributed by atoms with Crippen LogP contribution in [0.25, 0.3) is 10.4 Å². The van der Waals surface area contributed by atoms with Crippen molar-refractivity contribution in [1.82, 2.24) is 10.4 Å². The Labute approximate surface area is 241 Å². The lowest BCUT2D eigenvalue weighted by molar-refractivity contribution is -0.200. The topological polar surface area (TPSA) is 111 Å². The molecule has 0 aliphatic carbocycles. The Balaban J connectivity index is 1.45. The van der Waals surface area contributed by atoms with Crippen LogP contribution < -0.4 is 10.2 Å². The molecule has 12 heteroatoms. The SMILES string of the molecule is COc1ccc(-c2ccc([C@@]3(CC(=O)NOC4CCCCO4)CCN(C(=O)c4ccsc4)CCS3(=O)=O)s2)cc1. The Kier molecular flexibility index (Phi) is 8.91. The van der Waals surface area contributed by atoms with Gasteiger partial charge in [-0.2, -0.15) is 11.3 Å². The highest BCUT2D eigenvalue weighted by Gasteiger charge is 2.50. The number of hydrogen-bond acceptors (Lipinski definition) is 9. The number of hydroxylamine groups is 1. The predicted molar refractivity (Wildman–Crippen MR) is 154 cm³/mol. The lowest BCUT2D eigenvalue weighted by Crippen LogP contribution is -2.43. The molecule has 40 heavy (non-hydrogen) atoms. The first-order chi connectivity index (χ1) is 19.3. The summed E-state index contributed by atoms with van der Waals surface area (Å²) in [5.74, 6) is -0.287. The van der Waals surface area contributed by atoms with E-state index >= 15 is 0 Å². The Bertz CT molecular complexity index is 1410. The van der Waals surface area contributed by atoms with Gasteiger partial charge in [0.1, 0.15) is 10.5 Å². The molecule has 5 rings (SSSR count). The quantitative estimate of drug-likeness (QED) is 0.374. The monoisotopic (exact) mass is 604 g/mol. The van der Waals surface area contributed by atoms with Crippen molar-refractivity contribution in [3.05, 3.63) is 63.7 Å². The normalized spacial score (nSPS) is 22.8. The first-order valence-electron chi connectivity index (χ1n) is 13.2. The van der Waals surface area contributed by atoms with E-state index in [0.29, 0.717) is 23.5 Å². The van der Waals surface area contributed by atoms with E-state index in [1.807, 2.05) is 35.7 Å². The largest absolute Gasteiger partial charge is 0.497 e. The van der Waals surface area contributed by atoms with E-state index in [9.17, 15) is 18.0 Å². The molecule has 2 aliphatic heterocycles. The van der Waals surface area contributed by atoms with Gasteiger partial charge in [-0.25, -0.2) is 18.7 Å². The van der Waals surface area contributed by atoms with Gasteiger partial charge >= 0.3 is 0 Å². The molecular formula is C28H32N2O7S3. The third-order valence-corrected chi connectivity index (χ3v) is 12.0. The minimum atomic E-state index is -3.88. The molecule has 2 amide bonds. The van der Waals surface area contributed by atoms with E-state index in [-0.39, 0.29) is 37.6 Å². The van der Waals surface area contributed by atoms with Crippen molar-refractivity contribution < 1.29 is 32.3 Å². The molecular weight excluding hydrogens is 573 g/mol. The summed E-state index contributed by atoms with van der Waals surface area (Å²) in [5.41, 5.74) is 3.89. The van der Waals surface area contributed by atoms with Gasteiger partial charge < -0.3 is 14.4 Å². The van der Waals surface area contributed by atoms with Crippen LogP contribution in [0.4, 0.5) is 0 Å². The standard InChI is InChI=1S/C28H32N2O7S3/c1-35-22-7-5-20(6-8-22)23-9-10-24(39-23)28(18-25(31)29-37-26-4-2-3-15-36-26)12-13-30(14-17-40(28,33)34)27(32)21-11-16-38-19-21/h5-11,16,19,26H,2-4,12-15,17-18H2,1H3,(H,29,31)/t26?,28-/m0/s1. The number of methoxy groups -OCH3 is 1. The zero-order chi connectivity index (χ0) is 28.2. The van der Waals surface area contributed by atoms with Crippen LogP contribution in [0.3, 0.4) is 0 Å². The van der Waals surface area contributed by atoms with E-state index in [4.69, 9.17) is 14.3 Å². The van der Waals surface area contributed by atoms with Crippen LogP contribution in [0.5, 0.6) is 5.75 Å². The number of rotatable bonds is 8. The second-order valence-electron chi connectivity index (χ2n) is 9.88. The Morgan fingerprint density at radius 2 is 1.95 bits per heavy atom. The van der Waals surface area contributed by atoms with Gasteiger partial charge in [-0.1, -0.05) is 0 Å². The average Bonchev–Trinajstić information content (AvgIpc) is 3.67. The molecule has 2 aromatic heterocycles. The number of carbonyl (C=O) groups excluding carboxylic acids is 2. The Morgan fingerprint density at radius 1 is 1.12 bits per heavy atom. The average molecular weight is 605 g/mol. The summed E-state index contributed by atoms with van der Waals surface area (Å²) in [5, 5.41) is 3.58. The molecule has 1 unspecified atom stereocenters. The number of ether oxygens (including phenoxy) is 2. The molecule has 4 heterocycles. The molecule has 2 fully saturated rings. The number of nitrogens with zero attached hydrogens (tertiary/aromatic N) is 1. The highest BCUT2D eigenvalue weighted by atomic mass is 32.2. The van der Waals surface area contributed by atoms with Crippen LogP contribution in [0.15, 0.2) is 53.2 Å². The van der Waals surface area contributed by atoms with Gasteiger partial charge in [0.15, 0.2) is 16.1 Å². The fraction of sp³-hybridized carbons (Fsp3) is 0.429. The summed E-state index contributed by atoms with van der Waals surface area (Å²) < 4.78 is 37.4. The fourth-order valence-corrected chi connectivity index (χ4v) is 9.30. The highest BCUT2D eigenvalue weighted by Crippen LogP contribution is 2.45.